The molecule has 0 radical (unpaired) electrons. The average Bonchev–Trinajstić information content (AvgIpc) is 2.72. The Hall–Kier alpha value is -1.90. The quantitative estimate of drug-likeness (QED) is 0.550. The van der Waals surface area contributed by atoms with Gasteiger partial charge in [-0.25, -0.2) is 12.7 Å². The van der Waals surface area contributed by atoms with Gasteiger partial charge in [-0.05, 0) is 56.0 Å². The number of carbonyl (C=O) groups excluding carboxylic acids is 1. The molecule has 1 aliphatic rings. The molecule has 8 heteroatoms. The second-order valence-corrected chi connectivity index (χ2v) is 10.9. The summed E-state index contributed by atoms with van der Waals surface area (Å²) in [6.07, 6.45) is 1.06. The van der Waals surface area contributed by atoms with Crippen LogP contribution < -0.4 is 10.1 Å². The SMILES string of the molecule is Cc1ccc(OCCNC(=O)C2CCN(S(=O)(=O)Cc3cccc(Br)c3)CC2)c(C)c1. The predicted molar refractivity (Wildman–Crippen MR) is 125 cm³/mol. The zero-order valence-electron chi connectivity index (χ0n) is 17.9. The fraction of sp³-hybridized carbons (Fsp3) is 0.435. The Labute approximate surface area is 193 Å². The number of ether oxygens (including phenoxy) is 1. The van der Waals surface area contributed by atoms with Gasteiger partial charge in [-0.3, -0.25) is 4.79 Å². The lowest BCUT2D eigenvalue weighted by atomic mass is 9.97. The number of hydrogen-bond donors (Lipinski definition) is 1. The van der Waals surface area contributed by atoms with Crippen molar-refractivity contribution in [3.8, 4) is 5.75 Å². The smallest absolute Gasteiger partial charge is 0.223 e. The Bertz CT molecular complexity index is 1020. The fourth-order valence-electron chi connectivity index (χ4n) is 3.77. The van der Waals surface area contributed by atoms with E-state index in [0.29, 0.717) is 39.1 Å². The van der Waals surface area contributed by atoms with Crippen molar-refractivity contribution < 1.29 is 17.9 Å². The van der Waals surface area contributed by atoms with Gasteiger partial charge in [0.1, 0.15) is 12.4 Å². The molecule has 1 fully saturated rings. The minimum Gasteiger partial charge on any atom is -0.491 e. The molecule has 0 atom stereocenters. The first kappa shape index (κ1) is 23.8. The van der Waals surface area contributed by atoms with E-state index < -0.39 is 10.0 Å². The topological polar surface area (TPSA) is 75.7 Å². The molecule has 1 amide bonds. The molecule has 0 aromatic heterocycles. The summed E-state index contributed by atoms with van der Waals surface area (Å²) < 4.78 is 33.6. The highest BCUT2D eigenvalue weighted by Crippen LogP contribution is 2.23. The number of hydrogen-bond acceptors (Lipinski definition) is 4. The molecule has 1 heterocycles. The van der Waals surface area contributed by atoms with Crippen LogP contribution >= 0.6 is 15.9 Å². The number of carbonyl (C=O) groups is 1. The second-order valence-electron chi connectivity index (χ2n) is 7.97. The van der Waals surface area contributed by atoms with E-state index in [1.165, 1.54) is 9.87 Å². The summed E-state index contributed by atoms with van der Waals surface area (Å²) in [5.74, 6) is 0.592. The van der Waals surface area contributed by atoms with E-state index in [2.05, 4.69) is 27.3 Å². The molecular weight excluding hydrogens is 480 g/mol. The van der Waals surface area contributed by atoms with Crippen LogP contribution in [0.3, 0.4) is 0 Å². The normalized spacial score (nSPS) is 15.6. The molecule has 1 N–H and O–H groups in total. The molecule has 0 unspecified atom stereocenters. The van der Waals surface area contributed by atoms with Crippen LogP contribution in [0.1, 0.15) is 29.5 Å². The highest BCUT2D eigenvalue weighted by atomic mass is 79.9. The van der Waals surface area contributed by atoms with E-state index in [0.717, 1.165) is 21.3 Å². The van der Waals surface area contributed by atoms with Crippen molar-refractivity contribution in [2.24, 2.45) is 5.92 Å². The second kappa shape index (κ2) is 10.6. The van der Waals surface area contributed by atoms with Crippen LogP contribution in [0, 0.1) is 19.8 Å². The zero-order valence-corrected chi connectivity index (χ0v) is 20.3. The summed E-state index contributed by atoms with van der Waals surface area (Å²) in [5.41, 5.74) is 3.00. The summed E-state index contributed by atoms with van der Waals surface area (Å²) >= 11 is 3.37. The zero-order chi connectivity index (χ0) is 22.4. The molecule has 1 aliphatic heterocycles. The van der Waals surface area contributed by atoms with Crippen LogP contribution in [0.15, 0.2) is 46.9 Å². The van der Waals surface area contributed by atoms with Crippen molar-refractivity contribution in [1.29, 1.82) is 0 Å². The number of nitrogens with zero attached hydrogens (tertiary/aromatic N) is 1. The molecule has 3 rings (SSSR count). The van der Waals surface area contributed by atoms with Gasteiger partial charge in [0, 0.05) is 23.5 Å². The molecule has 2 aromatic carbocycles. The van der Waals surface area contributed by atoms with Crippen LogP contribution in [0.25, 0.3) is 0 Å². The van der Waals surface area contributed by atoms with E-state index in [1.807, 2.05) is 50.2 Å². The number of halogens is 1. The Morgan fingerprint density at radius 2 is 1.90 bits per heavy atom. The van der Waals surface area contributed by atoms with Crippen molar-refractivity contribution >= 4 is 31.9 Å². The van der Waals surface area contributed by atoms with E-state index in [1.54, 1.807) is 0 Å². The lowest BCUT2D eigenvalue weighted by Gasteiger charge is -2.30. The fourth-order valence-corrected chi connectivity index (χ4v) is 5.76. The lowest BCUT2D eigenvalue weighted by Crippen LogP contribution is -2.43. The van der Waals surface area contributed by atoms with Gasteiger partial charge in [-0.1, -0.05) is 45.8 Å². The summed E-state index contributed by atoms with van der Waals surface area (Å²) in [4.78, 5) is 12.5. The number of amides is 1. The van der Waals surface area contributed by atoms with Gasteiger partial charge in [0.05, 0.1) is 12.3 Å². The summed E-state index contributed by atoms with van der Waals surface area (Å²) in [6, 6.07) is 13.3. The lowest BCUT2D eigenvalue weighted by molar-refractivity contribution is -0.126. The van der Waals surface area contributed by atoms with Crippen molar-refractivity contribution in [3.05, 3.63) is 63.6 Å². The molecule has 168 valence electrons. The first-order chi connectivity index (χ1) is 14.7. The van der Waals surface area contributed by atoms with Gasteiger partial charge in [-0.2, -0.15) is 0 Å². The molecule has 0 spiro atoms. The maximum absolute atomic E-state index is 12.7. The Balaban J connectivity index is 1.42. The van der Waals surface area contributed by atoms with E-state index in [9.17, 15) is 13.2 Å². The highest BCUT2D eigenvalue weighted by Gasteiger charge is 2.31. The van der Waals surface area contributed by atoms with Crippen molar-refractivity contribution in [1.82, 2.24) is 9.62 Å². The number of nitrogens with one attached hydrogen (secondary N) is 1. The first-order valence-electron chi connectivity index (χ1n) is 10.4. The van der Waals surface area contributed by atoms with E-state index >= 15 is 0 Å². The molecule has 31 heavy (non-hydrogen) atoms. The Morgan fingerprint density at radius 1 is 1.16 bits per heavy atom. The summed E-state index contributed by atoms with van der Waals surface area (Å²) in [7, 11) is -3.40. The van der Waals surface area contributed by atoms with Gasteiger partial charge >= 0.3 is 0 Å². The molecule has 0 aliphatic carbocycles. The Morgan fingerprint density at radius 3 is 2.58 bits per heavy atom. The maximum Gasteiger partial charge on any atom is 0.223 e. The average molecular weight is 509 g/mol. The predicted octanol–water partition coefficient (Wildman–Crippen LogP) is 3.80. The van der Waals surface area contributed by atoms with E-state index in [4.69, 9.17) is 4.74 Å². The van der Waals surface area contributed by atoms with Gasteiger partial charge in [0.15, 0.2) is 0 Å². The van der Waals surface area contributed by atoms with Gasteiger partial charge in [0.2, 0.25) is 15.9 Å². The molecule has 0 bridgehead atoms. The van der Waals surface area contributed by atoms with E-state index in [-0.39, 0.29) is 17.6 Å². The maximum atomic E-state index is 12.7. The van der Waals surface area contributed by atoms with Crippen LogP contribution in [0.4, 0.5) is 0 Å². The van der Waals surface area contributed by atoms with Crippen molar-refractivity contribution in [2.75, 3.05) is 26.2 Å². The molecular formula is C23H29BrN2O4S. The van der Waals surface area contributed by atoms with Gasteiger partial charge in [0.25, 0.3) is 0 Å². The molecule has 1 saturated heterocycles. The first-order valence-corrected chi connectivity index (χ1v) is 12.8. The number of aryl methyl sites for hydroxylation is 2. The minimum absolute atomic E-state index is 0.0287. The van der Waals surface area contributed by atoms with Crippen LogP contribution in [0.2, 0.25) is 0 Å². The van der Waals surface area contributed by atoms with Crippen LogP contribution in [-0.4, -0.2) is 44.9 Å². The van der Waals surface area contributed by atoms with Crippen LogP contribution in [0.5, 0.6) is 5.75 Å². The summed E-state index contributed by atoms with van der Waals surface area (Å²) in [6.45, 7) is 5.59. The summed E-state index contributed by atoms with van der Waals surface area (Å²) in [5, 5.41) is 2.92. The number of piperidine rings is 1. The molecule has 2 aromatic rings. The monoisotopic (exact) mass is 508 g/mol. The third-order valence-corrected chi connectivity index (χ3v) is 7.79. The number of rotatable bonds is 8. The van der Waals surface area contributed by atoms with Gasteiger partial charge < -0.3 is 10.1 Å². The third kappa shape index (κ3) is 6.79. The van der Waals surface area contributed by atoms with Crippen LogP contribution in [-0.2, 0) is 20.6 Å². The molecule has 6 nitrogen and oxygen atoms in total. The van der Waals surface area contributed by atoms with Crippen molar-refractivity contribution in [2.45, 2.75) is 32.4 Å². The number of sulfonamides is 1. The minimum atomic E-state index is -3.40. The van der Waals surface area contributed by atoms with Crippen molar-refractivity contribution in [3.63, 3.8) is 0 Å². The third-order valence-electron chi connectivity index (χ3n) is 5.45. The molecule has 0 saturated carbocycles. The Kier molecular flexibility index (Phi) is 8.13. The largest absolute Gasteiger partial charge is 0.491 e. The standard InChI is InChI=1S/C23H29BrN2O4S/c1-17-6-7-22(18(2)14-17)30-13-10-25-23(27)20-8-11-26(12-9-20)31(28,29)16-19-4-3-5-21(24)15-19/h3-7,14-15,20H,8-13,16H2,1-2H3,(H,25,27). The van der Waals surface area contributed by atoms with Gasteiger partial charge in [-0.15, -0.1) is 0 Å². The highest BCUT2D eigenvalue weighted by molar-refractivity contribution is 9.10. The number of benzene rings is 2.